The summed E-state index contributed by atoms with van der Waals surface area (Å²) in [6.45, 7) is 6.98. The molecule has 5 nitrogen and oxygen atoms in total. The van der Waals surface area contributed by atoms with E-state index in [0.29, 0.717) is 11.4 Å². The number of hydrogen-bond donors (Lipinski definition) is 1. The topological polar surface area (TPSA) is 56.2 Å². The Morgan fingerprint density at radius 1 is 1.61 bits per heavy atom. The first-order chi connectivity index (χ1) is 8.56. The average molecular weight is 251 g/mol. The van der Waals surface area contributed by atoms with E-state index in [0.717, 1.165) is 13.0 Å². The second-order valence-corrected chi connectivity index (χ2v) is 5.10. The van der Waals surface area contributed by atoms with E-state index < -0.39 is 0 Å². The molecular formula is C13H21N3O2. The summed E-state index contributed by atoms with van der Waals surface area (Å²) >= 11 is 0. The molecule has 5 heteroatoms. The van der Waals surface area contributed by atoms with Crippen molar-refractivity contribution in [2.75, 3.05) is 13.7 Å². The Morgan fingerprint density at radius 3 is 2.83 bits per heavy atom. The first-order valence-corrected chi connectivity index (χ1v) is 6.45. The molecule has 0 saturated carbocycles. The molecule has 100 valence electrons. The number of Topliss-reactive ketones (excluding diaryl/α,β-unsaturated/α-hetero) is 1. The minimum atomic E-state index is 0.0214. The highest BCUT2D eigenvalue weighted by Crippen LogP contribution is 2.28. The van der Waals surface area contributed by atoms with Crippen LogP contribution >= 0.6 is 0 Å². The Kier molecular flexibility index (Phi) is 3.71. The number of methoxy groups -OCH3 is 1. The maximum absolute atomic E-state index is 12.6. The Bertz CT molecular complexity index is 439. The van der Waals surface area contributed by atoms with Crippen molar-refractivity contribution in [2.45, 2.75) is 39.3 Å². The third kappa shape index (κ3) is 2.14. The van der Waals surface area contributed by atoms with Crippen LogP contribution in [0.2, 0.25) is 0 Å². The van der Waals surface area contributed by atoms with Crippen molar-refractivity contribution in [1.82, 2.24) is 15.1 Å². The first-order valence-electron chi connectivity index (χ1n) is 6.45. The Labute approximate surface area is 108 Å². The molecule has 2 atom stereocenters. The molecule has 0 bridgehead atoms. The van der Waals surface area contributed by atoms with Crippen molar-refractivity contribution < 1.29 is 9.53 Å². The van der Waals surface area contributed by atoms with Crippen LogP contribution in [0.3, 0.4) is 0 Å². The summed E-state index contributed by atoms with van der Waals surface area (Å²) in [5.41, 5.74) is 0.605. The average Bonchev–Trinajstić information content (AvgIpc) is 2.93. The van der Waals surface area contributed by atoms with Crippen LogP contribution < -0.4 is 10.1 Å². The normalized spacial score (nSPS) is 23.6. The Hall–Kier alpha value is -1.36. The van der Waals surface area contributed by atoms with Crippen molar-refractivity contribution in [2.24, 2.45) is 5.92 Å². The molecular weight excluding hydrogens is 230 g/mol. The molecule has 1 aromatic rings. The van der Waals surface area contributed by atoms with Crippen molar-refractivity contribution in [1.29, 1.82) is 0 Å². The summed E-state index contributed by atoms with van der Waals surface area (Å²) in [6.07, 6.45) is 2.51. The lowest BCUT2D eigenvalue weighted by Gasteiger charge is -2.17. The number of rotatable bonds is 4. The number of nitrogens with one attached hydrogen (secondary N) is 1. The van der Waals surface area contributed by atoms with Gasteiger partial charge in [0.25, 0.3) is 0 Å². The minimum Gasteiger partial charge on any atom is -0.493 e. The Balaban J connectivity index is 2.36. The highest BCUT2D eigenvalue weighted by Gasteiger charge is 2.34. The fraction of sp³-hybridized carbons (Fsp3) is 0.692. The molecule has 1 aliphatic heterocycles. The standard InChI is InChI=1S/C13H21N3O2/c1-8(2)16-12(11(18-4)7-15-16)13(17)10-5-6-14-9(10)3/h7-10,14H,5-6H2,1-4H3. The van der Waals surface area contributed by atoms with E-state index in [-0.39, 0.29) is 23.8 Å². The fourth-order valence-corrected chi connectivity index (χ4v) is 2.51. The van der Waals surface area contributed by atoms with Crippen molar-refractivity contribution >= 4 is 5.78 Å². The van der Waals surface area contributed by atoms with Gasteiger partial charge in [0.2, 0.25) is 0 Å². The first kappa shape index (κ1) is 13.1. The highest BCUT2D eigenvalue weighted by atomic mass is 16.5. The number of hydrogen-bond acceptors (Lipinski definition) is 4. The zero-order valence-electron chi connectivity index (χ0n) is 11.4. The predicted molar refractivity (Wildman–Crippen MR) is 69.1 cm³/mol. The van der Waals surface area contributed by atoms with Crippen LogP contribution in [0.25, 0.3) is 0 Å². The zero-order valence-corrected chi connectivity index (χ0v) is 11.4. The van der Waals surface area contributed by atoms with Crippen LogP contribution in [0.4, 0.5) is 0 Å². The van der Waals surface area contributed by atoms with E-state index in [1.165, 1.54) is 0 Å². The molecule has 1 saturated heterocycles. The van der Waals surface area contributed by atoms with Gasteiger partial charge in [-0.25, -0.2) is 0 Å². The van der Waals surface area contributed by atoms with Gasteiger partial charge in [-0.1, -0.05) is 0 Å². The maximum Gasteiger partial charge on any atom is 0.189 e. The quantitative estimate of drug-likeness (QED) is 0.827. The van der Waals surface area contributed by atoms with Crippen molar-refractivity contribution in [3.8, 4) is 5.75 Å². The molecule has 2 heterocycles. The van der Waals surface area contributed by atoms with Crippen LogP contribution in [0.5, 0.6) is 5.75 Å². The van der Waals surface area contributed by atoms with Gasteiger partial charge in [-0.2, -0.15) is 5.10 Å². The monoisotopic (exact) mass is 251 g/mol. The third-order valence-corrected chi connectivity index (χ3v) is 3.57. The van der Waals surface area contributed by atoms with Crippen LogP contribution in [0.1, 0.15) is 43.7 Å². The zero-order chi connectivity index (χ0) is 13.3. The minimum absolute atomic E-state index is 0.0214. The van der Waals surface area contributed by atoms with Crippen LogP contribution in [-0.4, -0.2) is 35.3 Å². The van der Waals surface area contributed by atoms with Crippen LogP contribution in [0, 0.1) is 5.92 Å². The number of carbonyl (C=O) groups is 1. The largest absolute Gasteiger partial charge is 0.493 e. The molecule has 0 amide bonds. The SMILES string of the molecule is COc1cnn(C(C)C)c1C(=O)C1CCNC1C. The summed E-state index contributed by atoms with van der Waals surface area (Å²) in [6, 6.07) is 0.371. The molecule has 1 N–H and O–H groups in total. The molecule has 1 fully saturated rings. The van der Waals surface area contributed by atoms with E-state index in [1.54, 1.807) is 18.0 Å². The summed E-state index contributed by atoms with van der Waals surface area (Å²) < 4.78 is 7.02. The van der Waals surface area contributed by atoms with Gasteiger partial charge < -0.3 is 10.1 Å². The lowest BCUT2D eigenvalue weighted by Crippen LogP contribution is -2.30. The molecule has 0 spiro atoms. The number of ketones is 1. The van der Waals surface area contributed by atoms with Gasteiger partial charge in [0.15, 0.2) is 11.5 Å². The highest BCUT2D eigenvalue weighted by molar-refractivity contribution is 5.99. The van der Waals surface area contributed by atoms with E-state index in [9.17, 15) is 4.79 Å². The molecule has 1 aromatic heterocycles. The van der Waals surface area contributed by atoms with Crippen molar-refractivity contribution in [3.63, 3.8) is 0 Å². The second-order valence-electron chi connectivity index (χ2n) is 5.10. The number of aromatic nitrogens is 2. The van der Waals surface area contributed by atoms with Gasteiger partial charge >= 0.3 is 0 Å². The van der Waals surface area contributed by atoms with E-state index in [2.05, 4.69) is 17.3 Å². The summed E-state index contributed by atoms with van der Waals surface area (Å²) in [7, 11) is 1.58. The number of ether oxygens (including phenoxy) is 1. The maximum atomic E-state index is 12.6. The molecule has 2 unspecified atom stereocenters. The molecule has 18 heavy (non-hydrogen) atoms. The van der Waals surface area contributed by atoms with Gasteiger partial charge in [0.1, 0.15) is 5.69 Å². The van der Waals surface area contributed by atoms with Gasteiger partial charge in [-0.05, 0) is 33.7 Å². The molecule has 0 radical (unpaired) electrons. The number of nitrogens with zero attached hydrogens (tertiary/aromatic N) is 2. The lowest BCUT2D eigenvalue weighted by molar-refractivity contribution is 0.0897. The van der Waals surface area contributed by atoms with E-state index in [1.807, 2.05) is 13.8 Å². The van der Waals surface area contributed by atoms with Crippen LogP contribution in [0.15, 0.2) is 6.20 Å². The summed E-state index contributed by atoms with van der Waals surface area (Å²) in [5.74, 6) is 0.733. The van der Waals surface area contributed by atoms with Gasteiger partial charge in [0.05, 0.1) is 13.3 Å². The third-order valence-electron chi connectivity index (χ3n) is 3.57. The summed E-state index contributed by atoms with van der Waals surface area (Å²) in [5, 5.41) is 7.56. The smallest absolute Gasteiger partial charge is 0.189 e. The van der Waals surface area contributed by atoms with Crippen LogP contribution in [-0.2, 0) is 0 Å². The van der Waals surface area contributed by atoms with Crippen molar-refractivity contribution in [3.05, 3.63) is 11.9 Å². The molecule has 2 rings (SSSR count). The fourth-order valence-electron chi connectivity index (χ4n) is 2.51. The molecule has 1 aliphatic rings. The van der Waals surface area contributed by atoms with E-state index >= 15 is 0 Å². The Morgan fingerprint density at radius 2 is 2.33 bits per heavy atom. The molecule has 0 aromatic carbocycles. The van der Waals surface area contributed by atoms with Gasteiger partial charge in [0, 0.05) is 18.0 Å². The second kappa shape index (κ2) is 5.10. The van der Waals surface area contributed by atoms with Gasteiger partial charge in [-0.3, -0.25) is 9.48 Å². The summed E-state index contributed by atoms with van der Waals surface area (Å²) in [4.78, 5) is 12.6. The van der Waals surface area contributed by atoms with Gasteiger partial charge in [-0.15, -0.1) is 0 Å². The molecule has 0 aliphatic carbocycles. The lowest BCUT2D eigenvalue weighted by atomic mass is 9.94. The predicted octanol–water partition coefficient (Wildman–Crippen LogP) is 1.65. The number of carbonyl (C=O) groups excluding carboxylic acids is 1. The van der Waals surface area contributed by atoms with E-state index in [4.69, 9.17) is 4.74 Å².